The normalized spacial score (nSPS) is 10.8. The molecule has 5 nitrogen and oxygen atoms in total. The molecule has 0 aliphatic rings. The summed E-state index contributed by atoms with van der Waals surface area (Å²) in [7, 11) is 1.35. The van der Waals surface area contributed by atoms with E-state index in [0.717, 1.165) is 17.9 Å². The van der Waals surface area contributed by atoms with E-state index in [4.69, 9.17) is 0 Å². The van der Waals surface area contributed by atoms with Crippen molar-refractivity contribution in [3.63, 3.8) is 0 Å². The SMILES string of the molecule is CCNc1ccc(C(C)(C)NC(=O)OC)cn1. The molecule has 1 heterocycles. The number of nitrogens with one attached hydrogen (secondary N) is 2. The van der Waals surface area contributed by atoms with E-state index in [-0.39, 0.29) is 0 Å². The van der Waals surface area contributed by atoms with Gasteiger partial charge in [-0.15, -0.1) is 0 Å². The highest BCUT2D eigenvalue weighted by Crippen LogP contribution is 2.20. The Labute approximate surface area is 102 Å². The van der Waals surface area contributed by atoms with Gasteiger partial charge in [-0.2, -0.15) is 0 Å². The Morgan fingerprint density at radius 1 is 1.47 bits per heavy atom. The summed E-state index contributed by atoms with van der Waals surface area (Å²) in [5, 5.41) is 5.87. The minimum absolute atomic E-state index is 0.453. The number of pyridine rings is 1. The van der Waals surface area contributed by atoms with Crippen LogP contribution in [0.1, 0.15) is 26.3 Å². The molecule has 0 aliphatic carbocycles. The molecule has 0 radical (unpaired) electrons. The second kappa shape index (κ2) is 5.52. The molecule has 5 heteroatoms. The average Bonchev–Trinajstić information content (AvgIpc) is 2.29. The van der Waals surface area contributed by atoms with E-state index in [1.54, 1.807) is 6.20 Å². The zero-order chi connectivity index (χ0) is 12.9. The zero-order valence-corrected chi connectivity index (χ0v) is 10.7. The monoisotopic (exact) mass is 237 g/mol. The molecule has 0 unspecified atom stereocenters. The maximum atomic E-state index is 11.2. The maximum Gasteiger partial charge on any atom is 0.407 e. The van der Waals surface area contributed by atoms with Crippen LogP contribution in [0.25, 0.3) is 0 Å². The molecule has 1 aromatic heterocycles. The number of rotatable bonds is 4. The fourth-order valence-electron chi connectivity index (χ4n) is 1.43. The van der Waals surface area contributed by atoms with Crippen molar-refractivity contribution in [2.45, 2.75) is 26.3 Å². The van der Waals surface area contributed by atoms with Crippen LogP contribution in [0.2, 0.25) is 0 Å². The second-order valence-electron chi connectivity index (χ2n) is 4.20. The first kappa shape index (κ1) is 13.3. The molecule has 1 aromatic rings. The van der Waals surface area contributed by atoms with Gasteiger partial charge in [0.25, 0.3) is 0 Å². The van der Waals surface area contributed by atoms with Gasteiger partial charge in [-0.1, -0.05) is 6.07 Å². The Hall–Kier alpha value is -1.78. The van der Waals surface area contributed by atoms with Gasteiger partial charge in [0.2, 0.25) is 0 Å². The Morgan fingerprint density at radius 2 is 2.18 bits per heavy atom. The molecule has 0 bridgehead atoms. The number of aromatic nitrogens is 1. The van der Waals surface area contributed by atoms with E-state index in [0.29, 0.717) is 0 Å². The third-order valence-electron chi connectivity index (χ3n) is 2.44. The van der Waals surface area contributed by atoms with Gasteiger partial charge in [0.15, 0.2) is 0 Å². The molecule has 0 saturated heterocycles. The van der Waals surface area contributed by atoms with Crippen LogP contribution in [0.3, 0.4) is 0 Å². The lowest BCUT2D eigenvalue weighted by atomic mass is 9.96. The van der Waals surface area contributed by atoms with Crippen molar-refractivity contribution in [2.24, 2.45) is 0 Å². The maximum absolute atomic E-state index is 11.2. The molecule has 0 saturated carbocycles. The van der Waals surface area contributed by atoms with Crippen molar-refractivity contribution >= 4 is 11.9 Å². The van der Waals surface area contributed by atoms with E-state index < -0.39 is 11.6 Å². The predicted octanol–water partition coefficient (Wildman–Crippen LogP) is 2.10. The summed E-state index contributed by atoms with van der Waals surface area (Å²) in [6.07, 6.45) is 1.29. The summed E-state index contributed by atoms with van der Waals surface area (Å²) in [5.41, 5.74) is 0.412. The van der Waals surface area contributed by atoms with Gasteiger partial charge in [0, 0.05) is 12.7 Å². The van der Waals surface area contributed by atoms with E-state index in [9.17, 15) is 4.79 Å². The highest BCUT2D eigenvalue weighted by Gasteiger charge is 2.23. The summed E-state index contributed by atoms with van der Waals surface area (Å²) in [5.74, 6) is 0.824. The smallest absolute Gasteiger partial charge is 0.407 e. The first-order valence-electron chi connectivity index (χ1n) is 5.56. The van der Waals surface area contributed by atoms with Crippen LogP contribution < -0.4 is 10.6 Å². The molecule has 2 N–H and O–H groups in total. The zero-order valence-electron chi connectivity index (χ0n) is 10.7. The number of hydrogen-bond acceptors (Lipinski definition) is 4. The van der Waals surface area contributed by atoms with Gasteiger partial charge in [-0.05, 0) is 32.4 Å². The average molecular weight is 237 g/mol. The third-order valence-corrected chi connectivity index (χ3v) is 2.44. The number of ether oxygens (including phenoxy) is 1. The fourth-order valence-corrected chi connectivity index (χ4v) is 1.43. The Morgan fingerprint density at radius 3 is 2.65 bits per heavy atom. The summed E-state index contributed by atoms with van der Waals surface area (Å²) in [4.78, 5) is 15.5. The summed E-state index contributed by atoms with van der Waals surface area (Å²) < 4.78 is 4.59. The molecular formula is C12H19N3O2. The van der Waals surface area contributed by atoms with Gasteiger partial charge < -0.3 is 15.4 Å². The van der Waals surface area contributed by atoms with Crippen molar-refractivity contribution in [3.05, 3.63) is 23.9 Å². The topological polar surface area (TPSA) is 63.2 Å². The van der Waals surface area contributed by atoms with Crippen LogP contribution in [0.5, 0.6) is 0 Å². The highest BCUT2D eigenvalue weighted by molar-refractivity contribution is 5.68. The van der Waals surface area contributed by atoms with Gasteiger partial charge in [-0.25, -0.2) is 9.78 Å². The van der Waals surface area contributed by atoms with Gasteiger partial charge in [0.05, 0.1) is 12.6 Å². The van der Waals surface area contributed by atoms with Gasteiger partial charge in [0.1, 0.15) is 5.82 Å². The van der Waals surface area contributed by atoms with Crippen molar-refractivity contribution in [1.82, 2.24) is 10.3 Å². The van der Waals surface area contributed by atoms with Crippen LogP contribution in [-0.4, -0.2) is 24.7 Å². The number of nitrogens with zero attached hydrogens (tertiary/aromatic N) is 1. The number of alkyl carbamates (subject to hydrolysis) is 1. The first-order valence-corrected chi connectivity index (χ1v) is 5.56. The van der Waals surface area contributed by atoms with Crippen LogP contribution in [0, 0.1) is 0 Å². The van der Waals surface area contributed by atoms with Gasteiger partial charge >= 0.3 is 6.09 Å². The van der Waals surface area contributed by atoms with Crippen LogP contribution in [-0.2, 0) is 10.3 Å². The van der Waals surface area contributed by atoms with E-state index in [1.165, 1.54) is 7.11 Å². The lowest BCUT2D eigenvalue weighted by molar-refractivity contribution is 0.159. The number of carbonyl (C=O) groups is 1. The Balaban J connectivity index is 2.80. The molecule has 0 aliphatic heterocycles. The van der Waals surface area contributed by atoms with Crippen molar-refractivity contribution < 1.29 is 9.53 Å². The number of anilines is 1. The largest absolute Gasteiger partial charge is 0.453 e. The van der Waals surface area contributed by atoms with Crippen molar-refractivity contribution in [2.75, 3.05) is 19.0 Å². The molecular weight excluding hydrogens is 218 g/mol. The molecule has 0 aromatic carbocycles. The summed E-state index contributed by atoms with van der Waals surface area (Å²) >= 11 is 0. The lowest BCUT2D eigenvalue weighted by Crippen LogP contribution is -2.40. The fraction of sp³-hybridized carbons (Fsp3) is 0.500. The van der Waals surface area contributed by atoms with E-state index >= 15 is 0 Å². The third kappa shape index (κ3) is 3.62. The molecule has 94 valence electrons. The highest BCUT2D eigenvalue weighted by atomic mass is 16.5. The van der Waals surface area contributed by atoms with E-state index in [1.807, 2.05) is 32.9 Å². The quantitative estimate of drug-likeness (QED) is 0.841. The number of amides is 1. The molecule has 1 rings (SSSR count). The van der Waals surface area contributed by atoms with E-state index in [2.05, 4.69) is 20.4 Å². The Kier molecular flexibility index (Phi) is 4.31. The summed E-state index contributed by atoms with van der Waals surface area (Å²) in [6, 6.07) is 3.82. The lowest BCUT2D eigenvalue weighted by Gasteiger charge is -2.25. The number of methoxy groups -OCH3 is 1. The van der Waals surface area contributed by atoms with Crippen LogP contribution in [0.4, 0.5) is 10.6 Å². The first-order chi connectivity index (χ1) is 7.99. The molecule has 0 fully saturated rings. The number of hydrogen-bond donors (Lipinski definition) is 2. The van der Waals surface area contributed by atoms with Crippen LogP contribution >= 0.6 is 0 Å². The minimum atomic E-state index is -0.509. The molecule has 1 amide bonds. The van der Waals surface area contributed by atoms with Crippen LogP contribution in [0.15, 0.2) is 18.3 Å². The predicted molar refractivity (Wildman–Crippen MR) is 67.0 cm³/mol. The minimum Gasteiger partial charge on any atom is -0.453 e. The molecule has 0 atom stereocenters. The second-order valence-corrected chi connectivity index (χ2v) is 4.20. The van der Waals surface area contributed by atoms with Crippen molar-refractivity contribution in [3.8, 4) is 0 Å². The Bertz CT molecular complexity index is 374. The summed E-state index contributed by atoms with van der Waals surface area (Å²) in [6.45, 7) is 6.64. The molecule has 0 spiro atoms. The van der Waals surface area contributed by atoms with Gasteiger partial charge in [-0.3, -0.25) is 0 Å². The van der Waals surface area contributed by atoms with Crippen molar-refractivity contribution in [1.29, 1.82) is 0 Å². The standard InChI is InChI=1S/C12H19N3O2/c1-5-13-10-7-6-9(8-14-10)12(2,3)15-11(16)17-4/h6-8H,5H2,1-4H3,(H,13,14)(H,15,16). The number of carbonyl (C=O) groups excluding carboxylic acids is 1. The molecule has 17 heavy (non-hydrogen) atoms.